The number of hydrogen-bond acceptors (Lipinski definition) is 3. The van der Waals surface area contributed by atoms with Crippen LogP contribution in [0.15, 0.2) is 36.5 Å². The van der Waals surface area contributed by atoms with Gasteiger partial charge in [0, 0.05) is 12.1 Å². The smallest absolute Gasteiger partial charge is 0.239 e. The number of aromatic nitrogens is 2. The summed E-state index contributed by atoms with van der Waals surface area (Å²) >= 11 is 0. The quantitative estimate of drug-likeness (QED) is 0.722. The van der Waals surface area contributed by atoms with Crippen LogP contribution in [0.25, 0.3) is 0 Å². The molecule has 1 heterocycles. The Bertz CT molecular complexity index is 729. The lowest BCUT2D eigenvalue weighted by atomic mass is 9.95. The first-order valence-electron chi connectivity index (χ1n) is 10.2. The van der Waals surface area contributed by atoms with Crippen molar-refractivity contribution in [1.29, 1.82) is 0 Å². The molecule has 146 valence electrons. The van der Waals surface area contributed by atoms with Crippen molar-refractivity contribution in [1.82, 2.24) is 15.1 Å². The van der Waals surface area contributed by atoms with Gasteiger partial charge < -0.3 is 10.6 Å². The SMILES string of the molecule is CCc1ccc([C@H](NCC(=O)Nc2ccnn2C2CCCC2)C(C)C)cc1. The molecule has 27 heavy (non-hydrogen) atoms. The molecular formula is C22H32N4O. The van der Waals surface area contributed by atoms with E-state index in [9.17, 15) is 4.79 Å². The predicted octanol–water partition coefficient (Wildman–Crippen LogP) is 4.49. The van der Waals surface area contributed by atoms with Crippen LogP contribution in [0.2, 0.25) is 0 Å². The Labute approximate surface area is 162 Å². The van der Waals surface area contributed by atoms with Gasteiger partial charge in [-0.2, -0.15) is 5.10 Å². The van der Waals surface area contributed by atoms with E-state index in [1.54, 1.807) is 6.20 Å². The molecule has 1 amide bonds. The van der Waals surface area contributed by atoms with E-state index in [4.69, 9.17) is 0 Å². The molecule has 2 aromatic rings. The Morgan fingerprint density at radius 1 is 1.19 bits per heavy atom. The third-order valence-electron chi connectivity index (χ3n) is 5.50. The molecule has 0 aliphatic heterocycles. The van der Waals surface area contributed by atoms with E-state index in [2.05, 4.69) is 60.8 Å². The van der Waals surface area contributed by atoms with Crippen LogP contribution < -0.4 is 10.6 Å². The maximum Gasteiger partial charge on any atom is 0.239 e. The summed E-state index contributed by atoms with van der Waals surface area (Å²) in [7, 11) is 0. The number of benzene rings is 1. The van der Waals surface area contributed by atoms with Crippen LogP contribution in [0.3, 0.4) is 0 Å². The second kappa shape index (κ2) is 9.18. The molecule has 0 spiro atoms. The summed E-state index contributed by atoms with van der Waals surface area (Å²) < 4.78 is 1.98. The molecule has 1 aliphatic carbocycles. The van der Waals surface area contributed by atoms with Gasteiger partial charge in [-0.25, -0.2) is 4.68 Å². The van der Waals surface area contributed by atoms with E-state index in [1.807, 2.05) is 10.7 Å². The van der Waals surface area contributed by atoms with Gasteiger partial charge >= 0.3 is 0 Å². The summed E-state index contributed by atoms with van der Waals surface area (Å²) in [6, 6.07) is 11.1. The van der Waals surface area contributed by atoms with Gasteiger partial charge in [0.1, 0.15) is 5.82 Å². The Morgan fingerprint density at radius 3 is 2.52 bits per heavy atom. The van der Waals surface area contributed by atoms with Crippen LogP contribution in [-0.2, 0) is 11.2 Å². The highest BCUT2D eigenvalue weighted by Gasteiger charge is 2.21. The monoisotopic (exact) mass is 368 g/mol. The molecular weight excluding hydrogens is 336 g/mol. The van der Waals surface area contributed by atoms with E-state index in [0.717, 1.165) is 25.1 Å². The van der Waals surface area contributed by atoms with Crippen LogP contribution in [0.1, 0.15) is 69.7 Å². The molecule has 0 saturated heterocycles. The normalized spacial score (nSPS) is 16.0. The number of carbonyl (C=O) groups excluding carboxylic acids is 1. The van der Waals surface area contributed by atoms with Gasteiger partial charge in [-0.3, -0.25) is 4.79 Å². The zero-order valence-electron chi connectivity index (χ0n) is 16.7. The second-order valence-corrected chi connectivity index (χ2v) is 7.85. The maximum atomic E-state index is 12.5. The summed E-state index contributed by atoms with van der Waals surface area (Å²) in [6.45, 7) is 6.80. The van der Waals surface area contributed by atoms with Crippen molar-refractivity contribution in [2.45, 2.75) is 65.0 Å². The average molecular weight is 369 g/mol. The number of anilines is 1. The molecule has 1 aliphatic rings. The Kier molecular flexibility index (Phi) is 6.67. The minimum absolute atomic E-state index is 0.0226. The summed E-state index contributed by atoms with van der Waals surface area (Å²) in [5, 5.41) is 10.9. The van der Waals surface area contributed by atoms with Crippen molar-refractivity contribution in [3.8, 4) is 0 Å². The molecule has 5 heteroatoms. The van der Waals surface area contributed by atoms with Gasteiger partial charge in [0.15, 0.2) is 0 Å². The molecule has 0 radical (unpaired) electrons. The van der Waals surface area contributed by atoms with Gasteiger partial charge in [-0.1, -0.05) is 57.9 Å². The van der Waals surface area contributed by atoms with Gasteiger partial charge in [-0.05, 0) is 36.3 Å². The maximum absolute atomic E-state index is 12.5. The number of aryl methyl sites for hydroxylation is 1. The fourth-order valence-electron chi connectivity index (χ4n) is 3.94. The van der Waals surface area contributed by atoms with Crippen LogP contribution in [0.5, 0.6) is 0 Å². The van der Waals surface area contributed by atoms with Gasteiger partial charge in [0.2, 0.25) is 5.91 Å². The highest BCUT2D eigenvalue weighted by atomic mass is 16.2. The molecule has 1 saturated carbocycles. The molecule has 5 nitrogen and oxygen atoms in total. The van der Waals surface area contributed by atoms with Crippen LogP contribution in [0, 0.1) is 5.92 Å². The summed E-state index contributed by atoms with van der Waals surface area (Å²) in [6.07, 6.45) is 7.58. The highest BCUT2D eigenvalue weighted by molar-refractivity contribution is 5.91. The Morgan fingerprint density at radius 2 is 1.89 bits per heavy atom. The predicted molar refractivity (Wildman–Crippen MR) is 110 cm³/mol. The van der Waals surface area contributed by atoms with Crippen molar-refractivity contribution in [3.05, 3.63) is 47.7 Å². The molecule has 1 atom stereocenters. The molecule has 0 unspecified atom stereocenters. The Balaban J connectivity index is 1.59. The topological polar surface area (TPSA) is 59.0 Å². The van der Waals surface area contributed by atoms with Crippen molar-refractivity contribution in [2.24, 2.45) is 5.92 Å². The van der Waals surface area contributed by atoms with Crippen LogP contribution in [0.4, 0.5) is 5.82 Å². The zero-order chi connectivity index (χ0) is 19.2. The molecule has 1 aromatic carbocycles. The van der Waals surface area contributed by atoms with Gasteiger partial charge in [0.05, 0.1) is 18.8 Å². The molecule has 1 fully saturated rings. The molecule has 1 aromatic heterocycles. The van der Waals surface area contributed by atoms with E-state index in [1.165, 1.54) is 24.0 Å². The number of rotatable bonds is 8. The standard InChI is InChI=1S/C22H32N4O/c1-4-17-9-11-18(12-10-17)22(16(2)3)23-15-21(27)25-20-13-14-24-26(20)19-7-5-6-8-19/h9-14,16,19,22-23H,4-8,15H2,1-3H3,(H,25,27)/t22-/m1/s1. The summed E-state index contributed by atoms with van der Waals surface area (Å²) in [4.78, 5) is 12.5. The zero-order valence-corrected chi connectivity index (χ0v) is 16.7. The van der Waals surface area contributed by atoms with E-state index >= 15 is 0 Å². The fourth-order valence-corrected chi connectivity index (χ4v) is 3.94. The van der Waals surface area contributed by atoms with Crippen molar-refractivity contribution in [3.63, 3.8) is 0 Å². The van der Waals surface area contributed by atoms with Crippen molar-refractivity contribution < 1.29 is 4.79 Å². The number of carbonyl (C=O) groups is 1. The summed E-state index contributed by atoms with van der Waals surface area (Å²) in [5.74, 6) is 1.18. The largest absolute Gasteiger partial charge is 0.310 e. The molecule has 0 bridgehead atoms. The van der Waals surface area contributed by atoms with Gasteiger partial charge in [-0.15, -0.1) is 0 Å². The summed E-state index contributed by atoms with van der Waals surface area (Å²) in [5.41, 5.74) is 2.56. The first-order valence-corrected chi connectivity index (χ1v) is 10.2. The van der Waals surface area contributed by atoms with E-state index < -0.39 is 0 Å². The third-order valence-corrected chi connectivity index (χ3v) is 5.50. The lowest BCUT2D eigenvalue weighted by Crippen LogP contribution is -2.34. The number of nitrogens with one attached hydrogen (secondary N) is 2. The molecule has 3 rings (SSSR count). The number of amides is 1. The lowest BCUT2D eigenvalue weighted by Gasteiger charge is -2.23. The van der Waals surface area contributed by atoms with E-state index in [0.29, 0.717) is 12.0 Å². The average Bonchev–Trinajstić information content (AvgIpc) is 3.33. The molecule has 2 N–H and O–H groups in total. The first-order chi connectivity index (χ1) is 13.1. The highest BCUT2D eigenvalue weighted by Crippen LogP contribution is 2.31. The van der Waals surface area contributed by atoms with E-state index in [-0.39, 0.29) is 18.5 Å². The van der Waals surface area contributed by atoms with Crippen LogP contribution >= 0.6 is 0 Å². The lowest BCUT2D eigenvalue weighted by molar-refractivity contribution is -0.115. The van der Waals surface area contributed by atoms with Crippen LogP contribution in [-0.4, -0.2) is 22.2 Å². The first kappa shape index (κ1) is 19.6. The second-order valence-electron chi connectivity index (χ2n) is 7.85. The Hall–Kier alpha value is -2.14. The number of hydrogen-bond donors (Lipinski definition) is 2. The number of nitrogens with zero attached hydrogens (tertiary/aromatic N) is 2. The van der Waals surface area contributed by atoms with Crippen molar-refractivity contribution >= 4 is 11.7 Å². The minimum atomic E-state index is -0.0226. The fraction of sp³-hybridized carbons (Fsp3) is 0.545. The van der Waals surface area contributed by atoms with Gasteiger partial charge in [0.25, 0.3) is 0 Å². The van der Waals surface area contributed by atoms with Crippen molar-refractivity contribution in [2.75, 3.05) is 11.9 Å². The minimum Gasteiger partial charge on any atom is -0.310 e. The third kappa shape index (κ3) is 4.98.